The van der Waals surface area contributed by atoms with Crippen molar-refractivity contribution in [1.29, 1.82) is 0 Å². The van der Waals surface area contributed by atoms with Gasteiger partial charge in [-0.25, -0.2) is 4.98 Å². The average Bonchev–Trinajstić information content (AvgIpc) is 2.81. The fraction of sp³-hybridized carbons (Fsp3) is 0.100. The number of hydrogen-bond donors (Lipinski definition) is 3. The maximum atomic E-state index is 11.9. The molecule has 2 rings (SSSR count). The number of pyridine rings is 1. The minimum atomic E-state index is -0.223. The quantitative estimate of drug-likeness (QED) is 0.719. The van der Waals surface area contributed by atoms with Crippen molar-refractivity contribution in [3.8, 4) is 0 Å². The van der Waals surface area contributed by atoms with Gasteiger partial charge in [0.25, 0.3) is 5.91 Å². The number of rotatable bonds is 3. The van der Waals surface area contributed by atoms with E-state index in [2.05, 4.69) is 25.8 Å². The Morgan fingerprint density at radius 2 is 2.38 bits per heavy atom. The number of nitrogens with one attached hydrogen (secondary N) is 3. The number of amides is 1. The molecule has 0 saturated heterocycles. The lowest BCUT2D eigenvalue weighted by Gasteiger charge is -2.06. The van der Waals surface area contributed by atoms with Crippen molar-refractivity contribution in [3.05, 3.63) is 36.3 Å². The van der Waals surface area contributed by atoms with Gasteiger partial charge in [0, 0.05) is 19.4 Å². The number of aromatic amines is 1. The van der Waals surface area contributed by atoms with Gasteiger partial charge in [0.15, 0.2) is 0 Å². The van der Waals surface area contributed by atoms with E-state index in [1.54, 1.807) is 31.6 Å². The lowest BCUT2D eigenvalue weighted by atomic mass is 10.2. The van der Waals surface area contributed by atoms with E-state index in [1.165, 1.54) is 6.20 Å². The summed E-state index contributed by atoms with van der Waals surface area (Å²) in [7, 11) is 1.72. The number of nitrogens with zero attached hydrogens (tertiary/aromatic N) is 2. The highest BCUT2D eigenvalue weighted by molar-refractivity contribution is 6.07. The Kier molecular flexibility index (Phi) is 2.81. The largest absolute Gasteiger partial charge is 0.372 e. The summed E-state index contributed by atoms with van der Waals surface area (Å²) in [6.07, 6.45) is 4.76. The maximum absolute atomic E-state index is 11.9. The van der Waals surface area contributed by atoms with Crippen LogP contribution in [0.3, 0.4) is 0 Å². The predicted octanol–water partition coefficient (Wildman–Crippen LogP) is 1.10. The second-order valence-corrected chi connectivity index (χ2v) is 3.09. The molecule has 16 heavy (non-hydrogen) atoms. The van der Waals surface area contributed by atoms with Crippen LogP contribution < -0.4 is 10.6 Å². The second-order valence-electron chi connectivity index (χ2n) is 3.09. The summed E-state index contributed by atoms with van der Waals surface area (Å²) >= 11 is 0. The van der Waals surface area contributed by atoms with Crippen molar-refractivity contribution in [2.45, 2.75) is 0 Å². The maximum Gasteiger partial charge on any atom is 0.259 e. The molecule has 0 atom stereocenters. The molecule has 1 amide bonds. The Morgan fingerprint density at radius 1 is 1.50 bits per heavy atom. The van der Waals surface area contributed by atoms with E-state index in [0.717, 1.165) is 0 Å². The lowest BCUT2D eigenvalue weighted by Crippen LogP contribution is -2.14. The van der Waals surface area contributed by atoms with Gasteiger partial charge in [0.05, 0.1) is 17.4 Å². The van der Waals surface area contributed by atoms with Crippen molar-refractivity contribution >= 4 is 17.4 Å². The van der Waals surface area contributed by atoms with Crippen LogP contribution in [0.1, 0.15) is 10.4 Å². The van der Waals surface area contributed by atoms with Gasteiger partial charge in [0.1, 0.15) is 5.82 Å². The molecule has 0 aliphatic rings. The Hall–Kier alpha value is -2.37. The summed E-state index contributed by atoms with van der Waals surface area (Å²) in [5.41, 5.74) is 1.11. The molecule has 2 aromatic heterocycles. The van der Waals surface area contributed by atoms with Gasteiger partial charge in [0.2, 0.25) is 0 Å². The standard InChI is InChI=1S/C10H11N5O/c1-11-9-8(3-2-4-12-9)10(16)15-7-5-13-14-6-7/h2-6H,1H3,(H,11,12)(H,13,14)(H,15,16). The molecule has 0 unspecified atom stereocenters. The summed E-state index contributed by atoms with van der Waals surface area (Å²) in [5, 5.41) is 11.9. The highest BCUT2D eigenvalue weighted by Crippen LogP contribution is 2.13. The van der Waals surface area contributed by atoms with Crippen LogP contribution in [0.15, 0.2) is 30.7 Å². The van der Waals surface area contributed by atoms with Crippen molar-refractivity contribution in [1.82, 2.24) is 15.2 Å². The number of carbonyl (C=O) groups excluding carboxylic acids is 1. The normalized spacial score (nSPS) is 9.81. The van der Waals surface area contributed by atoms with E-state index in [0.29, 0.717) is 17.1 Å². The smallest absolute Gasteiger partial charge is 0.259 e. The second kappa shape index (κ2) is 4.43. The first-order chi connectivity index (χ1) is 7.81. The summed E-state index contributed by atoms with van der Waals surface area (Å²) in [5.74, 6) is 0.322. The summed E-state index contributed by atoms with van der Waals surface area (Å²) < 4.78 is 0. The van der Waals surface area contributed by atoms with E-state index in [9.17, 15) is 4.79 Å². The van der Waals surface area contributed by atoms with Crippen LogP contribution in [0.25, 0.3) is 0 Å². The van der Waals surface area contributed by atoms with Gasteiger partial charge in [-0.3, -0.25) is 9.89 Å². The van der Waals surface area contributed by atoms with Crippen LogP contribution in [-0.2, 0) is 0 Å². The number of aromatic nitrogens is 3. The van der Waals surface area contributed by atoms with Crippen LogP contribution >= 0.6 is 0 Å². The van der Waals surface area contributed by atoms with E-state index < -0.39 is 0 Å². The molecule has 0 aromatic carbocycles. The Bertz CT molecular complexity index is 480. The van der Waals surface area contributed by atoms with Crippen molar-refractivity contribution in [2.24, 2.45) is 0 Å². The monoisotopic (exact) mass is 217 g/mol. The first-order valence-corrected chi connectivity index (χ1v) is 4.74. The SMILES string of the molecule is CNc1ncccc1C(=O)Nc1cn[nH]c1. The number of anilines is 2. The zero-order chi connectivity index (χ0) is 11.4. The molecule has 2 heterocycles. The summed E-state index contributed by atoms with van der Waals surface area (Å²) in [6, 6.07) is 3.42. The minimum Gasteiger partial charge on any atom is -0.372 e. The van der Waals surface area contributed by atoms with Crippen LogP contribution in [-0.4, -0.2) is 28.1 Å². The van der Waals surface area contributed by atoms with Crippen LogP contribution in [0.4, 0.5) is 11.5 Å². The lowest BCUT2D eigenvalue weighted by molar-refractivity contribution is 0.102. The van der Waals surface area contributed by atoms with Crippen molar-refractivity contribution in [3.63, 3.8) is 0 Å². The third-order valence-corrected chi connectivity index (χ3v) is 2.05. The van der Waals surface area contributed by atoms with Crippen LogP contribution in [0.2, 0.25) is 0 Å². The molecular formula is C10H11N5O. The van der Waals surface area contributed by atoms with E-state index in [1.807, 2.05) is 0 Å². The van der Waals surface area contributed by atoms with Gasteiger partial charge in [-0.05, 0) is 12.1 Å². The van der Waals surface area contributed by atoms with E-state index in [-0.39, 0.29) is 5.91 Å². The Morgan fingerprint density at radius 3 is 3.06 bits per heavy atom. The molecule has 0 radical (unpaired) electrons. The van der Waals surface area contributed by atoms with Gasteiger partial charge in [-0.15, -0.1) is 0 Å². The van der Waals surface area contributed by atoms with E-state index >= 15 is 0 Å². The Balaban J connectivity index is 2.21. The van der Waals surface area contributed by atoms with Gasteiger partial charge >= 0.3 is 0 Å². The topological polar surface area (TPSA) is 82.7 Å². The molecule has 0 aliphatic heterocycles. The van der Waals surface area contributed by atoms with Crippen LogP contribution in [0.5, 0.6) is 0 Å². The highest BCUT2D eigenvalue weighted by Gasteiger charge is 2.11. The molecule has 6 nitrogen and oxygen atoms in total. The average molecular weight is 217 g/mol. The third kappa shape index (κ3) is 2.00. The van der Waals surface area contributed by atoms with Gasteiger partial charge in [-0.2, -0.15) is 5.10 Å². The van der Waals surface area contributed by atoms with E-state index in [4.69, 9.17) is 0 Å². The molecule has 0 bridgehead atoms. The van der Waals surface area contributed by atoms with Crippen LogP contribution in [0, 0.1) is 0 Å². The molecule has 0 spiro atoms. The third-order valence-electron chi connectivity index (χ3n) is 2.05. The number of carbonyl (C=O) groups is 1. The first kappa shape index (κ1) is 10.2. The summed E-state index contributed by atoms with van der Waals surface area (Å²) in [6.45, 7) is 0. The molecule has 0 saturated carbocycles. The fourth-order valence-electron chi connectivity index (χ4n) is 1.31. The van der Waals surface area contributed by atoms with Crippen molar-refractivity contribution in [2.75, 3.05) is 17.7 Å². The molecule has 2 aromatic rings. The number of H-pyrrole nitrogens is 1. The zero-order valence-electron chi connectivity index (χ0n) is 8.69. The molecule has 6 heteroatoms. The minimum absolute atomic E-state index is 0.223. The molecule has 82 valence electrons. The molecule has 0 fully saturated rings. The zero-order valence-corrected chi connectivity index (χ0v) is 8.69. The Labute approximate surface area is 92.1 Å². The van der Waals surface area contributed by atoms with Gasteiger partial charge < -0.3 is 10.6 Å². The van der Waals surface area contributed by atoms with Gasteiger partial charge in [-0.1, -0.05) is 0 Å². The summed E-state index contributed by atoms with van der Waals surface area (Å²) in [4.78, 5) is 15.9. The van der Waals surface area contributed by atoms with Crippen molar-refractivity contribution < 1.29 is 4.79 Å². The molecule has 3 N–H and O–H groups in total. The predicted molar refractivity (Wildman–Crippen MR) is 60.3 cm³/mol. The fourth-order valence-corrected chi connectivity index (χ4v) is 1.31. The highest BCUT2D eigenvalue weighted by atomic mass is 16.1. The molecule has 0 aliphatic carbocycles. The first-order valence-electron chi connectivity index (χ1n) is 4.74. The molecular weight excluding hydrogens is 206 g/mol. The number of hydrogen-bond acceptors (Lipinski definition) is 4.